The zero-order chi connectivity index (χ0) is 19.0. The molecule has 1 aromatic rings. The van der Waals surface area contributed by atoms with Gasteiger partial charge in [-0.1, -0.05) is 17.7 Å². The van der Waals surface area contributed by atoms with Gasteiger partial charge in [-0.05, 0) is 63.7 Å². The Morgan fingerprint density at radius 1 is 1.07 bits per heavy atom. The quantitative estimate of drug-likeness (QED) is 0.805. The molecular weight excluding hydrogens is 338 g/mol. The van der Waals surface area contributed by atoms with Crippen molar-refractivity contribution in [1.29, 1.82) is 0 Å². The highest BCUT2D eigenvalue weighted by Gasteiger charge is 2.44. The highest BCUT2D eigenvalue weighted by Crippen LogP contribution is 2.41. The molecule has 146 valence electrons. The molecule has 0 saturated carbocycles. The van der Waals surface area contributed by atoms with Gasteiger partial charge < -0.3 is 14.7 Å². The summed E-state index contributed by atoms with van der Waals surface area (Å²) in [5.74, 6) is 0.477. The summed E-state index contributed by atoms with van der Waals surface area (Å²) in [6, 6.07) is 8.25. The van der Waals surface area contributed by atoms with Crippen molar-refractivity contribution in [3.63, 3.8) is 0 Å². The lowest BCUT2D eigenvalue weighted by Gasteiger charge is -2.49. The number of piperidine rings is 2. The molecule has 5 heteroatoms. The molecule has 0 aliphatic carbocycles. The molecule has 3 fully saturated rings. The third-order valence-electron chi connectivity index (χ3n) is 6.91. The maximum atomic E-state index is 12.8. The van der Waals surface area contributed by atoms with Gasteiger partial charge in [0, 0.05) is 44.2 Å². The van der Waals surface area contributed by atoms with Gasteiger partial charge in [-0.15, -0.1) is 0 Å². The van der Waals surface area contributed by atoms with E-state index in [9.17, 15) is 9.59 Å². The van der Waals surface area contributed by atoms with Crippen LogP contribution < -0.4 is 0 Å². The largest absolute Gasteiger partial charge is 0.339 e. The van der Waals surface area contributed by atoms with Crippen molar-refractivity contribution in [2.45, 2.75) is 45.1 Å². The predicted octanol–water partition coefficient (Wildman–Crippen LogP) is 2.54. The minimum Gasteiger partial charge on any atom is -0.339 e. The van der Waals surface area contributed by atoms with Crippen LogP contribution in [0.1, 0.15) is 48.0 Å². The molecule has 2 amide bonds. The van der Waals surface area contributed by atoms with E-state index in [4.69, 9.17) is 0 Å². The standard InChI is InChI=1S/C22H31N3O2/c1-17-3-5-18(6-4-17)21(27)24-13-10-22(11-14-24)9-7-20(26)25(16-22)19-8-12-23(2)15-19/h3-6,19H,7-16H2,1-2H3. The van der Waals surface area contributed by atoms with Gasteiger partial charge in [-0.25, -0.2) is 0 Å². The topological polar surface area (TPSA) is 43.9 Å². The molecule has 4 rings (SSSR count). The number of hydrogen-bond acceptors (Lipinski definition) is 3. The van der Waals surface area contributed by atoms with Gasteiger partial charge in [0.15, 0.2) is 0 Å². The summed E-state index contributed by atoms with van der Waals surface area (Å²) in [6.07, 6.45) is 4.77. The van der Waals surface area contributed by atoms with E-state index in [2.05, 4.69) is 16.8 Å². The summed E-state index contributed by atoms with van der Waals surface area (Å²) in [5, 5.41) is 0. The van der Waals surface area contributed by atoms with E-state index < -0.39 is 0 Å². The minimum absolute atomic E-state index is 0.144. The monoisotopic (exact) mass is 369 g/mol. The van der Waals surface area contributed by atoms with Gasteiger partial charge in [0.2, 0.25) is 5.91 Å². The first kappa shape index (κ1) is 18.5. The number of aryl methyl sites for hydroxylation is 1. The number of nitrogens with zero attached hydrogens (tertiary/aromatic N) is 3. The molecular formula is C22H31N3O2. The summed E-state index contributed by atoms with van der Waals surface area (Å²) in [4.78, 5) is 31.8. The van der Waals surface area contributed by atoms with Gasteiger partial charge in [0.05, 0.1) is 0 Å². The van der Waals surface area contributed by atoms with E-state index in [1.54, 1.807) is 0 Å². The molecule has 0 aromatic heterocycles. The van der Waals surface area contributed by atoms with Crippen LogP contribution in [-0.4, -0.2) is 72.3 Å². The predicted molar refractivity (Wildman–Crippen MR) is 106 cm³/mol. The molecule has 3 aliphatic heterocycles. The van der Waals surface area contributed by atoms with Gasteiger partial charge in [-0.3, -0.25) is 9.59 Å². The summed E-state index contributed by atoms with van der Waals surface area (Å²) >= 11 is 0. The lowest BCUT2D eigenvalue weighted by Crippen LogP contribution is -2.55. The van der Waals surface area contributed by atoms with Crippen LogP contribution in [0.2, 0.25) is 0 Å². The number of carbonyl (C=O) groups is 2. The Kier molecular flexibility index (Phi) is 4.97. The van der Waals surface area contributed by atoms with E-state index in [-0.39, 0.29) is 11.3 Å². The van der Waals surface area contributed by atoms with Crippen molar-refractivity contribution in [2.75, 3.05) is 39.8 Å². The van der Waals surface area contributed by atoms with E-state index in [1.165, 1.54) is 5.56 Å². The second kappa shape index (κ2) is 7.27. The Bertz CT molecular complexity index is 707. The zero-order valence-electron chi connectivity index (χ0n) is 16.6. The molecule has 0 N–H and O–H groups in total. The van der Waals surface area contributed by atoms with Crippen LogP contribution in [0.25, 0.3) is 0 Å². The Morgan fingerprint density at radius 3 is 2.41 bits per heavy atom. The molecule has 1 atom stereocenters. The molecule has 0 bridgehead atoms. The fourth-order valence-electron chi connectivity index (χ4n) is 5.01. The van der Waals surface area contributed by atoms with Crippen molar-refractivity contribution in [3.8, 4) is 0 Å². The van der Waals surface area contributed by atoms with Gasteiger partial charge in [0.25, 0.3) is 5.91 Å². The first-order chi connectivity index (χ1) is 13.0. The van der Waals surface area contributed by atoms with E-state index in [0.717, 1.165) is 64.0 Å². The van der Waals surface area contributed by atoms with Crippen LogP contribution in [0, 0.1) is 12.3 Å². The number of carbonyl (C=O) groups excluding carboxylic acids is 2. The van der Waals surface area contributed by atoms with E-state index in [0.29, 0.717) is 18.4 Å². The SMILES string of the molecule is Cc1ccc(C(=O)N2CCC3(CCC(=O)N(C4CCN(C)C4)C3)CC2)cc1. The van der Waals surface area contributed by atoms with Crippen molar-refractivity contribution in [2.24, 2.45) is 5.41 Å². The summed E-state index contributed by atoms with van der Waals surface area (Å²) in [6.45, 7) is 6.62. The van der Waals surface area contributed by atoms with Crippen LogP contribution in [0.5, 0.6) is 0 Å². The molecule has 3 heterocycles. The molecule has 1 unspecified atom stereocenters. The van der Waals surface area contributed by atoms with Crippen molar-refractivity contribution < 1.29 is 9.59 Å². The molecule has 27 heavy (non-hydrogen) atoms. The average Bonchev–Trinajstić information content (AvgIpc) is 3.11. The lowest BCUT2D eigenvalue weighted by atomic mass is 9.72. The summed E-state index contributed by atoms with van der Waals surface area (Å²) in [7, 11) is 2.14. The number of likely N-dealkylation sites (N-methyl/N-ethyl adjacent to an activating group) is 1. The van der Waals surface area contributed by atoms with Crippen LogP contribution in [0.15, 0.2) is 24.3 Å². The van der Waals surface area contributed by atoms with Gasteiger partial charge in [0.1, 0.15) is 0 Å². The smallest absolute Gasteiger partial charge is 0.253 e. The molecule has 5 nitrogen and oxygen atoms in total. The number of hydrogen-bond donors (Lipinski definition) is 0. The van der Waals surface area contributed by atoms with Crippen LogP contribution in [0.4, 0.5) is 0 Å². The second-order valence-electron chi connectivity index (χ2n) is 8.88. The third-order valence-corrected chi connectivity index (χ3v) is 6.91. The maximum Gasteiger partial charge on any atom is 0.253 e. The normalized spacial score (nSPS) is 26.0. The molecule has 1 spiro atoms. The van der Waals surface area contributed by atoms with Crippen LogP contribution in [0.3, 0.4) is 0 Å². The first-order valence-electron chi connectivity index (χ1n) is 10.3. The fraction of sp³-hybridized carbons (Fsp3) is 0.636. The fourth-order valence-corrected chi connectivity index (χ4v) is 5.01. The number of rotatable bonds is 2. The van der Waals surface area contributed by atoms with Gasteiger partial charge >= 0.3 is 0 Å². The molecule has 3 aliphatic rings. The maximum absolute atomic E-state index is 12.8. The summed E-state index contributed by atoms with van der Waals surface area (Å²) in [5.41, 5.74) is 2.17. The van der Waals surface area contributed by atoms with Crippen molar-refractivity contribution in [1.82, 2.24) is 14.7 Å². The number of benzene rings is 1. The Hall–Kier alpha value is -1.88. The Balaban J connectivity index is 1.39. The van der Waals surface area contributed by atoms with E-state index in [1.807, 2.05) is 36.1 Å². The first-order valence-corrected chi connectivity index (χ1v) is 10.3. The van der Waals surface area contributed by atoms with E-state index >= 15 is 0 Å². The zero-order valence-corrected chi connectivity index (χ0v) is 16.6. The average molecular weight is 370 g/mol. The third kappa shape index (κ3) is 3.75. The van der Waals surface area contributed by atoms with Crippen LogP contribution in [-0.2, 0) is 4.79 Å². The van der Waals surface area contributed by atoms with Crippen molar-refractivity contribution >= 4 is 11.8 Å². The number of amides is 2. The Labute approximate surface area is 162 Å². The highest BCUT2D eigenvalue weighted by atomic mass is 16.2. The van der Waals surface area contributed by atoms with Gasteiger partial charge in [-0.2, -0.15) is 0 Å². The summed E-state index contributed by atoms with van der Waals surface area (Å²) < 4.78 is 0. The molecule has 3 saturated heterocycles. The minimum atomic E-state index is 0.144. The molecule has 0 radical (unpaired) electrons. The number of likely N-dealkylation sites (tertiary alicyclic amines) is 3. The van der Waals surface area contributed by atoms with Crippen LogP contribution >= 0.6 is 0 Å². The Morgan fingerprint density at radius 2 is 1.78 bits per heavy atom. The lowest BCUT2D eigenvalue weighted by molar-refractivity contribution is -0.141. The second-order valence-corrected chi connectivity index (χ2v) is 8.88. The van der Waals surface area contributed by atoms with Crippen molar-refractivity contribution in [3.05, 3.63) is 35.4 Å². The highest BCUT2D eigenvalue weighted by molar-refractivity contribution is 5.94. The molecule has 1 aromatic carbocycles.